The molecular weight excluding hydrogens is 316 g/mol. The van der Waals surface area contributed by atoms with Gasteiger partial charge >= 0.3 is 5.63 Å². The summed E-state index contributed by atoms with van der Waals surface area (Å²) in [5, 5.41) is 2.26. The molecule has 23 heavy (non-hydrogen) atoms. The third-order valence-electron chi connectivity index (χ3n) is 3.61. The van der Waals surface area contributed by atoms with Crippen LogP contribution in [-0.2, 0) is 6.61 Å². The van der Waals surface area contributed by atoms with Crippen molar-refractivity contribution >= 4 is 33.5 Å². The van der Waals surface area contributed by atoms with Gasteiger partial charge in [-0.2, -0.15) is 0 Å². The molecule has 0 atom stereocenters. The molecule has 0 aliphatic heterocycles. The Kier molecular flexibility index (Phi) is 3.32. The van der Waals surface area contributed by atoms with E-state index in [9.17, 15) is 4.79 Å². The molecule has 0 spiro atoms. The Morgan fingerprint density at radius 2 is 1.83 bits per heavy atom. The van der Waals surface area contributed by atoms with Crippen molar-refractivity contribution in [3.05, 3.63) is 75.8 Å². The van der Waals surface area contributed by atoms with Gasteiger partial charge in [0.2, 0.25) is 5.75 Å². The molecule has 2 heterocycles. The first-order valence-electron chi connectivity index (χ1n) is 7.02. The van der Waals surface area contributed by atoms with Crippen LogP contribution in [0.25, 0.3) is 21.9 Å². The van der Waals surface area contributed by atoms with Gasteiger partial charge in [0.1, 0.15) is 6.61 Å². The Bertz CT molecular complexity index is 1060. The molecule has 0 amide bonds. The van der Waals surface area contributed by atoms with Gasteiger partial charge in [0, 0.05) is 27.4 Å². The molecule has 0 saturated heterocycles. The van der Waals surface area contributed by atoms with E-state index in [0.29, 0.717) is 21.9 Å². The Morgan fingerprint density at radius 3 is 2.70 bits per heavy atom. The summed E-state index contributed by atoms with van der Waals surface area (Å²) in [5.41, 5.74) is 1.31. The van der Waals surface area contributed by atoms with Crippen molar-refractivity contribution in [2.45, 2.75) is 6.61 Å². The van der Waals surface area contributed by atoms with Crippen LogP contribution < -0.4 is 10.4 Å². The highest BCUT2D eigenvalue weighted by Crippen LogP contribution is 2.35. The number of hydrogen-bond acceptors (Lipinski definition) is 4. The number of benzene rings is 2. The summed E-state index contributed by atoms with van der Waals surface area (Å²) >= 11 is 6.15. The second kappa shape index (κ2) is 5.48. The first-order valence-corrected chi connectivity index (χ1v) is 7.40. The van der Waals surface area contributed by atoms with Crippen LogP contribution in [0.2, 0.25) is 5.02 Å². The zero-order valence-electron chi connectivity index (χ0n) is 11.9. The maximum Gasteiger partial charge on any atom is 0.336 e. The number of rotatable bonds is 3. The smallest absolute Gasteiger partial charge is 0.336 e. The largest absolute Gasteiger partial charge is 0.481 e. The Balaban J connectivity index is 1.86. The second-order valence-corrected chi connectivity index (χ2v) is 5.50. The van der Waals surface area contributed by atoms with Gasteiger partial charge in [0.15, 0.2) is 11.2 Å². The summed E-state index contributed by atoms with van der Waals surface area (Å²) in [6, 6.07) is 14.2. The van der Waals surface area contributed by atoms with E-state index in [1.165, 1.54) is 6.07 Å². The molecule has 5 heteroatoms. The third-order valence-corrected chi connectivity index (χ3v) is 3.98. The molecule has 4 aromatic rings. The summed E-state index contributed by atoms with van der Waals surface area (Å²) in [5.74, 6) is 0.403. The van der Waals surface area contributed by atoms with Gasteiger partial charge in [-0.15, -0.1) is 0 Å². The molecule has 4 rings (SSSR count). The van der Waals surface area contributed by atoms with Crippen molar-refractivity contribution in [2.24, 2.45) is 0 Å². The molecule has 0 N–H and O–H groups in total. The van der Waals surface area contributed by atoms with Gasteiger partial charge in [-0.1, -0.05) is 29.8 Å². The molecule has 2 aromatic heterocycles. The fourth-order valence-electron chi connectivity index (χ4n) is 2.50. The fraction of sp³-hybridized carbons (Fsp3) is 0.0556. The lowest BCUT2D eigenvalue weighted by molar-refractivity contribution is 0.303. The minimum Gasteiger partial charge on any atom is -0.481 e. The van der Waals surface area contributed by atoms with Crippen LogP contribution in [0.15, 0.2) is 68.4 Å². The molecular formula is C18H11ClO4. The Morgan fingerprint density at radius 1 is 1.00 bits per heavy atom. The highest BCUT2D eigenvalue weighted by atomic mass is 35.5. The van der Waals surface area contributed by atoms with E-state index in [1.807, 2.05) is 30.3 Å². The molecule has 0 fully saturated rings. The van der Waals surface area contributed by atoms with Crippen molar-refractivity contribution < 1.29 is 13.6 Å². The lowest BCUT2D eigenvalue weighted by atomic mass is 10.1. The van der Waals surface area contributed by atoms with Gasteiger partial charge in [-0.25, -0.2) is 4.79 Å². The normalized spacial score (nSPS) is 11.2. The minimum atomic E-state index is -0.439. The monoisotopic (exact) mass is 326 g/mol. The molecule has 2 aromatic carbocycles. The number of fused-ring (bicyclic) bond motifs is 2. The molecule has 0 bridgehead atoms. The average Bonchev–Trinajstić information content (AvgIpc) is 3.01. The number of halogens is 1. The van der Waals surface area contributed by atoms with Gasteiger partial charge in [0.05, 0.1) is 6.26 Å². The van der Waals surface area contributed by atoms with Crippen LogP contribution in [0.4, 0.5) is 0 Å². The maximum atomic E-state index is 11.6. The van der Waals surface area contributed by atoms with E-state index in [2.05, 4.69) is 0 Å². The highest BCUT2D eigenvalue weighted by Gasteiger charge is 2.15. The van der Waals surface area contributed by atoms with Gasteiger partial charge in [-0.05, 0) is 24.3 Å². The summed E-state index contributed by atoms with van der Waals surface area (Å²) in [6.07, 6.45) is 1.57. The van der Waals surface area contributed by atoms with E-state index in [4.69, 9.17) is 25.2 Å². The van der Waals surface area contributed by atoms with Crippen molar-refractivity contribution in [2.75, 3.05) is 0 Å². The average molecular weight is 327 g/mol. The third kappa shape index (κ3) is 2.47. The number of furan rings is 1. The van der Waals surface area contributed by atoms with Crippen LogP contribution in [-0.4, -0.2) is 0 Å². The van der Waals surface area contributed by atoms with Crippen molar-refractivity contribution in [1.82, 2.24) is 0 Å². The Hall–Kier alpha value is -2.72. The fourth-order valence-corrected chi connectivity index (χ4v) is 2.69. The molecule has 0 unspecified atom stereocenters. The summed E-state index contributed by atoms with van der Waals surface area (Å²) < 4.78 is 16.7. The zero-order valence-corrected chi connectivity index (χ0v) is 12.7. The van der Waals surface area contributed by atoms with E-state index in [-0.39, 0.29) is 6.61 Å². The van der Waals surface area contributed by atoms with Crippen molar-refractivity contribution in [3.63, 3.8) is 0 Å². The molecule has 0 aliphatic carbocycles. The maximum absolute atomic E-state index is 11.6. The molecule has 4 nitrogen and oxygen atoms in total. The van der Waals surface area contributed by atoms with Gasteiger partial charge < -0.3 is 13.6 Å². The van der Waals surface area contributed by atoms with Gasteiger partial charge in [0.25, 0.3) is 0 Å². The summed E-state index contributed by atoms with van der Waals surface area (Å²) in [4.78, 5) is 11.6. The standard InChI is InChI=1S/C18H11ClO4/c19-14-4-2-1-3-13(14)10-22-18-16-12(7-8-21-16)9-11-5-6-15(20)23-17(11)18/h1-9H,10H2. The van der Waals surface area contributed by atoms with E-state index < -0.39 is 5.63 Å². The zero-order chi connectivity index (χ0) is 15.8. The molecule has 114 valence electrons. The molecule has 0 radical (unpaired) electrons. The summed E-state index contributed by atoms with van der Waals surface area (Å²) in [7, 11) is 0. The van der Waals surface area contributed by atoms with Gasteiger partial charge in [-0.3, -0.25) is 0 Å². The predicted molar refractivity (Wildman–Crippen MR) is 88.0 cm³/mol. The van der Waals surface area contributed by atoms with Crippen LogP contribution in [0.5, 0.6) is 5.75 Å². The van der Waals surface area contributed by atoms with Crippen LogP contribution in [0, 0.1) is 0 Å². The van der Waals surface area contributed by atoms with Crippen LogP contribution in [0.1, 0.15) is 5.56 Å². The number of ether oxygens (including phenoxy) is 1. The topological polar surface area (TPSA) is 52.6 Å². The lowest BCUT2D eigenvalue weighted by Gasteiger charge is -2.10. The SMILES string of the molecule is O=c1ccc2cc3ccoc3c(OCc3ccccc3Cl)c2o1. The minimum absolute atomic E-state index is 0.243. The van der Waals surface area contributed by atoms with Crippen LogP contribution in [0.3, 0.4) is 0 Å². The number of hydrogen-bond donors (Lipinski definition) is 0. The Labute approximate surface area is 135 Å². The van der Waals surface area contributed by atoms with E-state index in [1.54, 1.807) is 18.4 Å². The van der Waals surface area contributed by atoms with E-state index >= 15 is 0 Å². The van der Waals surface area contributed by atoms with E-state index in [0.717, 1.165) is 16.3 Å². The first kappa shape index (κ1) is 13.9. The molecule has 0 aliphatic rings. The van der Waals surface area contributed by atoms with Crippen molar-refractivity contribution in [3.8, 4) is 5.75 Å². The molecule has 0 saturated carbocycles. The quantitative estimate of drug-likeness (QED) is 0.509. The van der Waals surface area contributed by atoms with Crippen LogP contribution >= 0.6 is 11.6 Å². The first-order chi connectivity index (χ1) is 11.2. The lowest BCUT2D eigenvalue weighted by Crippen LogP contribution is -2.00. The van der Waals surface area contributed by atoms with Crippen molar-refractivity contribution in [1.29, 1.82) is 0 Å². The highest BCUT2D eigenvalue weighted by molar-refractivity contribution is 6.31. The second-order valence-electron chi connectivity index (χ2n) is 5.10. The predicted octanol–water partition coefficient (Wildman–Crippen LogP) is 4.77. The summed E-state index contributed by atoms with van der Waals surface area (Å²) in [6.45, 7) is 0.243.